The number of thiazole rings is 1. The first kappa shape index (κ1) is 25.8. The minimum Gasteiger partial charge on any atom is -0.497 e. The molecule has 7 nitrogen and oxygen atoms in total. The average Bonchev–Trinajstić information content (AvgIpc) is 3.48. The number of para-hydroxylation sites is 1. The van der Waals surface area contributed by atoms with Crippen LogP contribution in [0.5, 0.6) is 11.5 Å². The van der Waals surface area contributed by atoms with Crippen LogP contribution in [0.3, 0.4) is 0 Å². The zero-order valence-electron chi connectivity index (χ0n) is 21.5. The molecule has 1 amide bonds. The van der Waals surface area contributed by atoms with Crippen LogP contribution < -0.4 is 19.7 Å². The molecule has 0 saturated carbocycles. The second kappa shape index (κ2) is 12.6. The highest BCUT2D eigenvalue weighted by Crippen LogP contribution is 2.30. The largest absolute Gasteiger partial charge is 0.497 e. The van der Waals surface area contributed by atoms with Crippen molar-refractivity contribution in [1.29, 1.82) is 0 Å². The Morgan fingerprint density at radius 2 is 1.76 bits per heavy atom. The van der Waals surface area contributed by atoms with E-state index in [1.165, 1.54) is 0 Å². The fraction of sp³-hybridized carbons (Fsp3) is 0.267. The van der Waals surface area contributed by atoms with E-state index in [2.05, 4.69) is 15.6 Å². The summed E-state index contributed by atoms with van der Waals surface area (Å²) >= 11 is 1.61. The first-order valence-corrected chi connectivity index (χ1v) is 13.7. The predicted molar refractivity (Wildman–Crippen MR) is 152 cm³/mol. The van der Waals surface area contributed by atoms with Gasteiger partial charge in [0.25, 0.3) is 5.91 Å². The Kier molecular flexibility index (Phi) is 8.53. The number of carbonyl (C=O) groups excluding carboxylic acids is 1. The van der Waals surface area contributed by atoms with E-state index in [4.69, 9.17) is 14.5 Å². The van der Waals surface area contributed by atoms with Gasteiger partial charge in [-0.25, -0.2) is 4.98 Å². The normalized spacial score (nSPS) is 13.2. The van der Waals surface area contributed by atoms with Gasteiger partial charge in [0.05, 0.1) is 19.3 Å². The SMILES string of the molecule is COc1cccc(-c2csc(N(CCOc3ccccc3)Cc3ccc(C(=O)N4CCNCC4)cc3)n2)c1. The predicted octanol–water partition coefficient (Wildman–Crippen LogP) is 4.95. The van der Waals surface area contributed by atoms with Crippen LogP contribution in [0.15, 0.2) is 84.2 Å². The number of nitrogens with zero attached hydrogens (tertiary/aromatic N) is 3. The molecule has 1 N–H and O–H groups in total. The molecule has 1 aliphatic rings. The van der Waals surface area contributed by atoms with Gasteiger partial charge in [0, 0.05) is 49.2 Å². The minimum absolute atomic E-state index is 0.0917. The van der Waals surface area contributed by atoms with Crippen molar-refractivity contribution < 1.29 is 14.3 Å². The number of piperazine rings is 1. The summed E-state index contributed by atoms with van der Waals surface area (Å²) in [4.78, 5) is 22.0. The number of hydrogen-bond donors (Lipinski definition) is 1. The van der Waals surface area contributed by atoms with Gasteiger partial charge in [0.15, 0.2) is 5.13 Å². The summed E-state index contributed by atoms with van der Waals surface area (Å²) in [6.45, 7) is 5.03. The van der Waals surface area contributed by atoms with Crippen molar-refractivity contribution in [3.8, 4) is 22.8 Å². The Morgan fingerprint density at radius 3 is 2.53 bits per heavy atom. The molecule has 196 valence electrons. The Labute approximate surface area is 227 Å². The van der Waals surface area contributed by atoms with Crippen molar-refractivity contribution in [3.63, 3.8) is 0 Å². The molecule has 3 aromatic carbocycles. The molecule has 0 bridgehead atoms. The first-order valence-electron chi connectivity index (χ1n) is 12.8. The maximum absolute atomic E-state index is 12.9. The maximum Gasteiger partial charge on any atom is 0.253 e. The number of anilines is 1. The minimum atomic E-state index is 0.0917. The Morgan fingerprint density at radius 1 is 1.00 bits per heavy atom. The van der Waals surface area contributed by atoms with E-state index in [-0.39, 0.29) is 5.91 Å². The molecule has 0 aliphatic carbocycles. The highest BCUT2D eigenvalue weighted by molar-refractivity contribution is 7.14. The Bertz CT molecular complexity index is 1320. The van der Waals surface area contributed by atoms with Gasteiger partial charge in [0.2, 0.25) is 0 Å². The van der Waals surface area contributed by atoms with E-state index < -0.39 is 0 Å². The van der Waals surface area contributed by atoms with Crippen LogP contribution in [0.2, 0.25) is 0 Å². The molecule has 2 heterocycles. The van der Waals surface area contributed by atoms with Gasteiger partial charge in [0.1, 0.15) is 18.1 Å². The second-order valence-corrected chi connectivity index (χ2v) is 9.91. The molecule has 38 heavy (non-hydrogen) atoms. The molecule has 0 radical (unpaired) electrons. The summed E-state index contributed by atoms with van der Waals surface area (Å²) in [6.07, 6.45) is 0. The van der Waals surface area contributed by atoms with Gasteiger partial charge in [-0.3, -0.25) is 4.79 Å². The van der Waals surface area contributed by atoms with Crippen LogP contribution in [0.4, 0.5) is 5.13 Å². The van der Waals surface area contributed by atoms with Crippen molar-refractivity contribution in [3.05, 3.63) is 95.4 Å². The molecule has 0 spiro atoms. The number of rotatable bonds is 10. The summed E-state index contributed by atoms with van der Waals surface area (Å²) in [5.74, 6) is 1.74. The number of aromatic nitrogens is 1. The lowest BCUT2D eigenvalue weighted by Gasteiger charge is -2.27. The van der Waals surface area contributed by atoms with Gasteiger partial charge < -0.3 is 24.6 Å². The molecule has 8 heteroatoms. The Hall–Kier alpha value is -3.88. The van der Waals surface area contributed by atoms with E-state index in [9.17, 15) is 4.79 Å². The molecular formula is C30H32N4O3S. The molecule has 5 rings (SSSR count). The lowest BCUT2D eigenvalue weighted by Crippen LogP contribution is -2.46. The molecule has 1 saturated heterocycles. The highest BCUT2D eigenvalue weighted by atomic mass is 32.1. The molecule has 0 atom stereocenters. The van der Waals surface area contributed by atoms with Crippen molar-refractivity contribution in [2.24, 2.45) is 0 Å². The number of benzene rings is 3. The standard InChI is InChI=1S/C30H32N4O3S/c1-36-27-9-5-6-25(20-27)28-22-38-30(32-28)34(18-19-37-26-7-3-2-4-8-26)21-23-10-12-24(13-11-23)29(35)33-16-14-31-15-17-33/h2-13,20,22,31H,14-19,21H2,1H3. The van der Waals surface area contributed by atoms with Gasteiger partial charge in [-0.1, -0.05) is 42.5 Å². The van der Waals surface area contributed by atoms with E-state index >= 15 is 0 Å². The average molecular weight is 529 g/mol. The smallest absolute Gasteiger partial charge is 0.253 e. The lowest BCUT2D eigenvalue weighted by molar-refractivity contribution is 0.0736. The van der Waals surface area contributed by atoms with Crippen LogP contribution in [0.1, 0.15) is 15.9 Å². The van der Waals surface area contributed by atoms with E-state index in [1.54, 1.807) is 18.4 Å². The van der Waals surface area contributed by atoms with Crippen LogP contribution in [-0.2, 0) is 6.54 Å². The number of hydrogen-bond acceptors (Lipinski definition) is 7. The Balaban J connectivity index is 1.31. The highest BCUT2D eigenvalue weighted by Gasteiger charge is 2.18. The third kappa shape index (κ3) is 6.51. The lowest BCUT2D eigenvalue weighted by atomic mass is 10.1. The van der Waals surface area contributed by atoms with Crippen LogP contribution in [0, 0.1) is 0 Å². The quantitative estimate of drug-likeness (QED) is 0.314. The fourth-order valence-electron chi connectivity index (χ4n) is 4.38. The van der Waals surface area contributed by atoms with Crippen LogP contribution in [-0.4, -0.2) is 62.2 Å². The monoisotopic (exact) mass is 528 g/mol. The summed E-state index contributed by atoms with van der Waals surface area (Å²) in [5, 5.41) is 6.28. The summed E-state index contributed by atoms with van der Waals surface area (Å²) in [7, 11) is 1.67. The van der Waals surface area contributed by atoms with Gasteiger partial charge >= 0.3 is 0 Å². The van der Waals surface area contributed by atoms with Crippen molar-refractivity contribution in [1.82, 2.24) is 15.2 Å². The third-order valence-electron chi connectivity index (χ3n) is 6.48. The molecule has 1 fully saturated rings. The van der Waals surface area contributed by atoms with Crippen molar-refractivity contribution >= 4 is 22.4 Å². The second-order valence-electron chi connectivity index (χ2n) is 9.07. The topological polar surface area (TPSA) is 66.9 Å². The van der Waals surface area contributed by atoms with Crippen molar-refractivity contribution in [2.75, 3.05) is 51.3 Å². The number of nitrogens with one attached hydrogen (secondary N) is 1. The molecule has 4 aromatic rings. The molecular weight excluding hydrogens is 496 g/mol. The van der Waals surface area contributed by atoms with Gasteiger partial charge in [-0.05, 0) is 42.0 Å². The van der Waals surface area contributed by atoms with E-state index in [1.807, 2.05) is 83.8 Å². The molecule has 1 aromatic heterocycles. The zero-order valence-corrected chi connectivity index (χ0v) is 22.3. The number of amides is 1. The number of carbonyl (C=O) groups is 1. The summed E-state index contributed by atoms with van der Waals surface area (Å²) in [6, 6.07) is 25.7. The maximum atomic E-state index is 12.9. The molecule has 0 unspecified atom stereocenters. The van der Waals surface area contributed by atoms with Crippen LogP contribution >= 0.6 is 11.3 Å². The third-order valence-corrected chi connectivity index (χ3v) is 7.38. The zero-order chi connectivity index (χ0) is 26.2. The van der Waals surface area contributed by atoms with Gasteiger partial charge in [-0.2, -0.15) is 0 Å². The van der Waals surface area contributed by atoms with Crippen LogP contribution in [0.25, 0.3) is 11.3 Å². The van der Waals surface area contributed by atoms with E-state index in [0.717, 1.165) is 65.2 Å². The number of methoxy groups -OCH3 is 1. The first-order chi connectivity index (χ1) is 18.7. The summed E-state index contributed by atoms with van der Waals surface area (Å²) < 4.78 is 11.4. The van der Waals surface area contributed by atoms with Gasteiger partial charge in [-0.15, -0.1) is 11.3 Å². The summed E-state index contributed by atoms with van der Waals surface area (Å²) in [5.41, 5.74) is 3.77. The van der Waals surface area contributed by atoms with Crippen molar-refractivity contribution in [2.45, 2.75) is 6.54 Å². The van der Waals surface area contributed by atoms with E-state index in [0.29, 0.717) is 19.7 Å². The molecule has 1 aliphatic heterocycles. The number of ether oxygens (including phenoxy) is 2. The fourth-order valence-corrected chi connectivity index (χ4v) is 5.24.